The van der Waals surface area contributed by atoms with Gasteiger partial charge in [0.15, 0.2) is 0 Å². The summed E-state index contributed by atoms with van der Waals surface area (Å²) in [6.45, 7) is 4.68. The van der Waals surface area contributed by atoms with Crippen molar-refractivity contribution < 1.29 is 0 Å². The van der Waals surface area contributed by atoms with Crippen molar-refractivity contribution in [2.24, 2.45) is 11.8 Å². The zero-order chi connectivity index (χ0) is 7.40. The van der Waals surface area contributed by atoms with Gasteiger partial charge in [-0.25, -0.2) is 0 Å². The van der Waals surface area contributed by atoms with Crippen LogP contribution >= 0.6 is 0 Å². The largest absolute Gasteiger partial charge is 0.0654 e. The first-order valence-corrected chi connectivity index (χ1v) is 4.83. The molecule has 1 aliphatic carbocycles. The summed E-state index contributed by atoms with van der Waals surface area (Å²) in [7, 11) is 0. The predicted molar refractivity (Wildman–Crippen MR) is 46.0 cm³/mol. The standard InChI is InChI=1S/C10H20/c1-3-4-5-10-7-6-9(2)8-10/h9-10H,3-8H2,1-2H3/t9-,10+/m0/s1. The van der Waals surface area contributed by atoms with Crippen LogP contribution in [-0.2, 0) is 0 Å². The van der Waals surface area contributed by atoms with E-state index in [1.165, 1.54) is 38.5 Å². The molecule has 0 heterocycles. The molecule has 10 heavy (non-hydrogen) atoms. The van der Waals surface area contributed by atoms with Gasteiger partial charge in [0.1, 0.15) is 0 Å². The lowest BCUT2D eigenvalue weighted by molar-refractivity contribution is 0.461. The normalized spacial score (nSPS) is 33.0. The Kier molecular flexibility index (Phi) is 3.24. The molecule has 0 saturated heterocycles. The molecule has 1 rings (SSSR count). The number of hydrogen-bond acceptors (Lipinski definition) is 0. The fourth-order valence-electron chi connectivity index (χ4n) is 2.08. The van der Waals surface area contributed by atoms with Crippen LogP contribution in [-0.4, -0.2) is 0 Å². The molecule has 0 bridgehead atoms. The van der Waals surface area contributed by atoms with Crippen LogP contribution in [0.25, 0.3) is 0 Å². The molecule has 1 aliphatic rings. The van der Waals surface area contributed by atoms with Gasteiger partial charge in [-0.05, 0) is 18.3 Å². The lowest BCUT2D eigenvalue weighted by Crippen LogP contribution is -1.93. The second-order valence-corrected chi connectivity index (χ2v) is 3.93. The molecular weight excluding hydrogens is 120 g/mol. The van der Waals surface area contributed by atoms with Crippen molar-refractivity contribution in [1.82, 2.24) is 0 Å². The summed E-state index contributed by atoms with van der Waals surface area (Å²) < 4.78 is 0. The van der Waals surface area contributed by atoms with Crippen molar-refractivity contribution in [3.8, 4) is 0 Å². The van der Waals surface area contributed by atoms with Gasteiger partial charge in [-0.1, -0.05) is 46.0 Å². The summed E-state index contributed by atoms with van der Waals surface area (Å²) in [4.78, 5) is 0. The van der Waals surface area contributed by atoms with Gasteiger partial charge in [-0.15, -0.1) is 0 Å². The van der Waals surface area contributed by atoms with Crippen LogP contribution in [0.1, 0.15) is 52.4 Å². The highest BCUT2D eigenvalue weighted by molar-refractivity contribution is 4.72. The van der Waals surface area contributed by atoms with E-state index in [1.54, 1.807) is 0 Å². The monoisotopic (exact) mass is 140 g/mol. The topological polar surface area (TPSA) is 0 Å². The molecule has 0 radical (unpaired) electrons. The minimum absolute atomic E-state index is 1.03. The van der Waals surface area contributed by atoms with Crippen LogP contribution in [0.15, 0.2) is 0 Å². The molecule has 2 atom stereocenters. The summed E-state index contributed by atoms with van der Waals surface area (Å²) in [6, 6.07) is 0. The van der Waals surface area contributed by atoms with Gasteiger partial charge in [0.2, 0.25) is 0 Å². The number of hydrogen-bond donors (Lipinski definition) is 0. The Morgan fingerprint density at radius 3 is 2.60 bits per heavy atom. The average molecular weight is 140 g/mol. The molecule has 0 N–H and O–H groups in total. The zero-order valence-corrected chi connectivity index (χ0v) is 7.40. The van der Waals surface area contributed by atoms with Crippen molar-refractivity contribution >= 4 is 0 Å². The van der Waals surface area contributed by atoms with E-state index < -0.39 is 0 Å². The van der Waals surface area contributed by atoms with E-state index in [-0.39, 0.29) is 0 Å². The second kappa shape index (κ2) is 4.00. The Morgan fingerprint density at radius 2 is 2.10 bits per heavy atom. The third-order valence-corrected chi connectivity index (χ3v) is 2.77. The Morgan fingerprint density at radius 1 is 1.30 bits per heavy atom. The van der Waals surface area contributed by atoms with Gasteiger partial charge in [0.25, 0.3) is 0 Å². The van der Waals surface area contributed by atoms with Gasteiger partial charge < -0.3 is 0 Å². The lowest BCUT2D eigenvalue weighted by Gasteiger charge is -2.06. The third-order valence-electron chi connectivity index (χ3n) is 2.77. The van der Waals surface area contributed by atoms with Crippen molar-refractivity contribution in [1.29, 1.82) is 0 Å². The highest BCUT2D eigenvalue weighted by Gasteiger charge is 2.19. The fraction of sp³-hybridized carbons (Fsp3) is 1.00. The van der Waals surface area contributed by atoms with Gasteiger partial charge in [-0.2, -0.15) is 0 Å². The van der Waals surface area contributed by atoms with Gasteiger partial charge in [0.05, 0.1) is 0 Å². The van der Waals surface area contributed by atoms with E-state index in [1.807, 2.05) is 0 Å². The Balaban J connectivity index is 2.06. The zero-order valence-electron chi connectivity index (χ0n) is 7.40. The van der Waals surface area contributed by atoms with E-state index in [2.05, 4.69) is 13.8 Å². The number of unbranched alkanes of at least 4 members (excludes halogenated alkanes) is 1. The second-order valence-electron chi connectivity index (χ2n) is 3.93. The van der Waals surface area contributed by atoms with Crippen LogP contribution in [0.5, 0.6) is 0 Å². The van der Waals surface area contributed by atoms with Crippen molar-refractivity contribution in [3.05, 3.63) is 0 Å². The van der Waals surface area contributed by atoms with E-state index >= 15 is 0 Å². The fourth-order valence-corrected chi connectivity index (χ4v) is 2.08. The predicted octanol–water partition coefficient (Wildman–Crippen LogP) is 3.61. The first-order chi connectivity index (χ1) is 4.83. The molecule has 0 spiro atoms. The molecular formula is C10H20. The van der Waals surface area contributed by atoms with Crippen molar-refractivity contribution in [2.75, 3.05) is 0 Å². The van der Waals surface area contributed by atoms with Crippen molar-refractivity contribution in [3.63, 3.8) is 0 Å². The molecule has 0 aromatic heterocycles. The summed E-state index contributed by atoms with van der Waals surface area (Å²) in [5.74, 6) is 2.12. The van der Waals surface area contributed by atoms with Gasteiger partial charge in [-0.3, -0.25) is 0 Å². The quantitative estimate of drug-likeness (QED) is 0.561. The summed E-state index contributed by atoms with van der Waals surface area (Å²) in [5, 5.41) is 0. The van der Waals surface area contributed by atoms with Crippen LogP contribution in [0, 0.1) is 11.8 Å². The first kappa shape index (κ1) is 8.10. The molecule has 0 heteroatoms. The summed E-state index contributed by atoms with van der Waals surface area (Å²) >= 11 is 0. The maximum absolute atomic E-state index is 2.39. The third kappa shape index (κ3) is 2.32. The molecule has 0 unspecified atom stereocenters. The van der Waals surface area contributed by atoms with Crippen LogP contribution in [0.3, 0.4) is 0 Å². The van der Waals surface area contributed by atoms with Crippen LogP contribution < -0.4 is 0 Å². The van der Waals surface area contributed by atoms with E-state index in [4.69, 9.17) is 0 Å². The summed E-state index contributed by atoms with van der Waals surface area (Å²) in [5.41, 5.74) is 0. The molecule has 0 aromatic carbocycles. The molecule has 1 fully saturated rings. The molecule has 1 saturated carbocycles. The first-order valence-electron chi connectivity index (χ1n) is 4.83. The number of rotatable bonds is 3. The highest BCUT2D eigenvalue weighted by Crippen LogP contribution is 2.33. The van der Waals surface area contributed by atoms with E-state index in [9.17, 15) is 0 Å². The van der Waals surface area contributed by atoms with E-state index in [0.29, 0.717) is 0 Å². The Hall–Kier alpha value is 0. The Labute approximate surface area is 65.0 Å². The maximum Gasteiger partial charge on any atom is -0.0412 e. The SMILES string of the molecule is CCCC[C@@H]1CC[C@H](C)C1. The minimum Gasteiger partial charge on any atom is -0.0654 e. The Bertz CT molecular complexity index is 86.0. The van der Waals surface area contributed by atoms with E-state index in [0.717, 1.165) is 11.8 Å². The lowest BCUT2D eigenvalue weighted by atomic mass is 10.00. The van der Waals surface area contributed by atoms with Crippen molar-refractivity contribution in [2.45, 2.75) is 52.4 Å². The maximum atomic E-state index is 2.39. The molecule has 0 nitrogen and oxygen atoms in total. The molecule has 0 aromatic rings. The highest BCUT2D eigenvalue weighted by atomic mass is 14.3. The summed E-state index contributed by atoms with van der Waals surface area (Å²) in [6.07, 6.45) is 8.86. The van der Waals surface area contributed by atoms with Gasteiger partial charge in [0, 0.05) is 0 Å². The molecule has 0 aliphatic heterocycles. The molecule has 60 valence electrons. The van der Waals surface area contributed by atoms with Gasteiger partial charge >= 0.3 is 0 Å². The van der Waals surface area contributed by atoms with Crippen LogP contribution in [0.2, 0.25) is 0 Å². The average Bonchev–Trinajstić information content (AvgIpc) is 2.31. The smallest absolute Gasteiger partial charge is 0.0412 e. The molecule has 0 amide bonds. The minimum atomic E-state index is 1.03. The van der Waals surface area contributed by atoms with Crippen LogP contribution in [0.4, 0.5) is 0 Å².